The van der Waals surface area contributed by atoms with Gasteiger partial charge in [-0.1, -0.05) is 12.1 Å². The molecule has 0 saturated heterocycles. The smallest absolute Gasteiger partial charge is 0.306 e. The summed E-state index contributed by atoms with van der Waals surface area (Å²) in [6, 6.07) is 11.4. The number of fused-ring (bicyclic) bond motifs is 1. The van der Waals surface area contributed by atoms with E-state index in [9.17, 15) is 13.2 Å². The van der Waals surface area contributed by atoms with E-state index in [2.05, 4.69) is 0 Å². The average molecular weight is 346 g/mol. The summed E-state index contributed by atoms with van der Waals surface area (Å²) in [6.07, 6.45) is 2.54. The molecular weight excluding hydrogens is 332 g/mol. The highest BCUT2D eigenvalue weighted by Gasteiger charge is 2.28. The molecule has 0 amide bonds. The Bertz CT molecular complexity index is 943. The molecule has 1 aliphatic rings. The van der Waals surface area contributed by atoms with Crippen LogP contribution in [0.4, 0.5) is 0 Å². The monoisotopic (exact) mass is 346 g/mol. The Labute approximate surface area is 139 Å². The molecule has 1 heterocycles. The molecular formula is C17H14O6S. The zero-order valence-corrected chi connectivity index (χ0v) is 13.8. The quantitative estimate of drug-likeness (QED) is 0.625. The van der Waals surface area contributed by atoms with Crippen LogP contribution in [0.25, 0.3) is 6.08 Å². The molecule has 0 saturated carbocycles. The van der Waals surface area contributed by atoms with Crippen LogP contribution in [-0.4, -0.2) is 27.6 Å². The molecule has 6 nitrogen and oxygen atoms in total. The highest BCUT2D eigenvalue weighted by atomic mass is 32.2. The minimum Gasteiger partial charge on any atom is -0.497 e. The van der Waals surface area contributed by atoms with Crippen molar-refractivity contribution < 1.29 is 26.9 Å². The topological polar surface area (TPSA) is 78.9 Å². The van der Waals surface area contributed by atoms with E-state index in [1.54, 1.807) is 31.4 Å². The maximum absolute atomic E-state index is 12.4. The van der Waals surface area contributed by atoms with Gasteiger partial charge < -0.3 is 13.7 Å². The van der Waals surface area contributed by atoms with Crippen LogP contribution in [0, 0.1) is 0 Å². The first-order valence-electron chi connectivity index (χ1n) is 6.97. The van der Waals surface area contributed by atoms with Gasteiger partial charge >= 0.3 is 10.1 Å². The third-order valence-electron chi connectivity index (χ3n) is 3.28. The van der Waals surface area contributed by atoms with Crippen molar-refractivity contribution in [1.29, 1.82) is 0 Å². The highest BCUT2D eigenvalue weighted by Crippen LogP contribution is 2.35. The Morgan fingerprint density at radius 2 is 1.88 bits per heavy atom. The van der Waals surface area contributed by atoms with Crippen molar-refractivity contribution in [3.8, 4) is 17.2 Å². The summed E-state index contributed by atoms with van der Waals surface area (Å²) >= 11 is 0. The summed E-state index contributed by atoms with van der Waals surface area (Å²) < 4.78 is 37.8. The number of ether oxygens (including phenoxy) is 2. The largest absolute Gasteiger partial charge is 0.497 e. The maximum atomic E-state index is 12.4. The summed E-state index contributed by atoms with van der Waals surface area (Å²) in [7, 11) is -2.09. The predicted octanol–water partition coefficient (Wildman–Crippen LogP) is 2.65. The fraction of sp³-hybridized carbons (Fsp3) is 0.118. The minimum atomic E-state index is -3.65. The average Bonchev–Trinajstić information content (AvgIpc) is 2.81. The van der Waals surface area contributed by atoms with Crippen LogP contribution in [-0.2, 0) is 10.1 Å². The summed E-state index contributed by atoms with van der Waals surface area (Å²) in [5.74, 6) is 0.881. The fourth-order valence-corrected chi connectivity index (χ4v) is 2.73. The van der Waals surface area contributed by atoms with Gasteiger partial charge in [0.2, 0.25) is 5.78 Å². The molecule has 0 spiro atoms. The van der Waals surface area contributed by atoms with Crippen molar-refractivity contribution in [2.75, 3.05) is 13.4 Å². The SMILES string of the molecule is COc1cccc(C=C2Oc3cc(OS(C)(=O)=O)ccc3C2=O)c1. The van der Waals surface area contributed by atoms with E-state index in [1.807, 2.05) is 6.07 Å². The predicted molar refractivity (Wildman–Crippen MR) is 87.8 cm³/mol. The van der Waals surface area contributed by atoms with E-state index in [-0.39, 0.29) is 23.0 Å². The molecule has 0 aromatic heterocycles. The molecule has 0 aliphatic carbocycles. The van der Waals surface area contributed by atoms with Gasteiger partial charge in [-0.3, -0.25) is 4.79 Å². The Morgan fingerprint density at radius 3 is 2.58 bits per heavy atom. The van der Waals surface area contributed by atoms with E-state index < -0.39 is 10.1 Å². The van der Waals surface area contributed by atoms with E-state index in [0.29, 0.717) is 11.3 Å². The van der Waals surface area contributed by atoms with Crippen molar-refractivity contribution in [3.05, 3.63) is 59.4 Å². The van der Waals surface area contributed by atoms with E-state index in [1.165, 1.54) is 18.2 Å². The lowest BCUT2D eigenvalue weighted by Crippen LogP contribution is -2.05. The molecule has 0 bridgehead atoms. The molecule has 24 heavy (non-hydrogen) atoms. The zero-order chi connectivity index (χ0) is 17.3. The lowest BCUT2D eigenvalue weighted by atomic mass is 10.1. The van der Waals surface area contributed by atoms with Gasteiger partial charge in [-0.05, 0) is 35.9 Å². The lowest BCUT2D eigenvalue weighted by Gasteiger charge is -2.04. The summed E-state index contributed by atoms with van der Waals surface area (Å²) in [4.78, 5) is 12.4. The maximum Gasteiger partial charge on any atom is 0.306 e. The lowest BCUT2D eigenvalue weighted by molar-refractivity contribution is 0.101. The Balaban J connectivity index is 1.91. The zero-order valence-electron chi connectivity index (χ0n) is 13.0. The van der Waals surface area contributed by atoms with Gasteiger partial charge in [-0.2, -0.15) is 8.42 Å². The fourth-order valence-electron chi connectivity index (χ4n) is 2.28. The molecule has 3 rings (SSSR count). The number of benzene rings is 2. The second kappa shape index (κ2) is 6.01. The molecule has 0 fully saturated rings. The van der Waals surface area contributed by atoms with E-state index >= 15 is 0 Å². The number of carbonyl (C=O) groups excluding carboxylic acids is 1. The number of allylic oxidation sites excluding steroid dienone is 1. The van der Waals surface area contributed by atoms with Crippen LogP contribution in [0.3, 0.4) is 0 Å². The second-order valence-corrected chi connectivity index (χ2v) is 6.74. The van der Waals surface area contributed by atoms with Crippen LogP contribution < -0.4 is 13.7 Å². The first-order valence-corrected chi connectivity index (χ1v) is 8.79. The Morgan fingerprint density at radius 1 is 1.08 bits per heavy atom. The van der Waals surface area contributed by atoms with Crippen LogP contribution in [0.5, 0.6) is 17.2 Å². The molecule has 0 atom stereocenters. The van der Waals surface area contributed by atoms with Gasteiger partial charge in [0.05, 0.1) is 18.9 Å². The highest BCUT2D eigenvalue weighted by molar-refractivity contribution is 7.86. The number of ketones is 1. The molecule has 0 N–H and O–H groups in total. The number of rotatable bonds is 4. The molecule has 2 aromatic rings. The van der Waals surface area contributed by atoms with E-state index in [4.69, 9.17) is 13.7 Å². The van der Waals surface area contributed by atoms with Gasteiger partial charge in [0.1, 0.15) is 17.2 Å². The third-order valence-corrected chi connectivity index (χ3v) is 3.78. The van der Waals surface area contributed by atoms with Crippen molar-refractivity contribution in [3.63, 3.8) is 0 Å². The van der Waals surface area contributed by atoms with Gasteiger partial charge in [0.25, 0.3) is 0 Å². The molecule has 124 valence electrons. The number of methoxy groups -OCH3 is 1. The van der Waals surface area contributed by atoms with Gasteiger partial charge in [0.15, 0.2) is 5.76 Å². The van der Waals surface area contributed by atoms with Gasteiger partial charge in [-0.25, -0.2) is 0 Å². The van der Waals surface area contributed by atoms with Crippen LogP contribution in [0.2, 0.25) is 0 Å². The molecule has 7 heteroatoms. The van der Waals surface area contributed by atoms with Crippen LogP contribution in [0.1, 0.15) is 15.9 Å². The standard InChI is InChI=1S/C17H14O6S/c1-21-12-5-3-4-11(8-12)9-16-17(18)14-7-6-13(10-15(14)22-16)23-24(2,19)20/h3-10H,1-2H3. The number of carbonyl (C=O) groups is 1. The molecule has 0 unspecified atom stereocenters. The Hall–Kier alpha value is -2.80. The number of Topliss-reactive ketones (excluding diaryl/α,β-unsaturated/α-hetero) is 1. The summed E-state index contributed by atoms with van der Waals surface area (Å²) in [5.41, 5.74) is 1.10. The number of hydrogen-bond acceptors (Lipinski definition) is 6. The van der Waals surface area contributed by atoms with Crippen molar-refractivity contribution in [2.45, 2.75) is 0 Å². The summed E-state index contributed by atoms with van der Waals surface area (Å²) in [5, 5.41) is 0. The molecule has 0 radical (unpaired) electrons. The first kappa shape index (κ1) is 16.1. The normalized spacial score (nSPS) is 15.1. The van der Waals surface area contributed by atoms with Crippen molar-refractivity contribution in [2.24, 2.45) is 0 Å². The number of hydrogen-bond donors (Lipinski definition) is 0. The van der Waals surface area contributed by atoms with Gasteiger partial charge in [-0.15, -0.1) is 0 Å². The van der Waals surface area contributed by atoms with E-state index in [0.717, 1.165) is 11.8 Å². The van der Waals surface area contributed by atoms with Crippen molar-refractivity contribution in [1.82, 2.24) is 0 Å². The second-order valence-electron chi connectivity index (χ2n) is 5.16. The first-order chi connectivity index (χ1) is 11.4. The van der Waals surface area contributed by atoms with Crippen LogP contribution in [0.15, 0.2) is 48.2 Å². The molecule has 1 aliphatic heterocycles. The minimum absolute atomic E-state index is 0.0895. The van der Waals surface area contributed by atoms with Gasteiger partial charge in [0, 0.05) is 6.07 Å². The summed E-state index contributed by atoms with van der Waals surface area (Å²) in [6.45, 7) is 0. The Kier molecular flexibility index (Phi) is 4.02. The molecule has 2 aromatic carbocycles. The van der Waals surface area contributed by atoms with Crippen molar-refractivity contribution >= 4 is 22.0 Å². The third kappa shape index (κ3) is 3.41. The van der Waals surface area contributed by atoms with Crippen LogP contribution >= 0.6 is 0 Å².